The Balaban J connectivity index is 1.74. The van der Waals surface area contributed by atoms with Gasteiger partial charge in [-0.05, 0) is 39.0 Å². The van der Waals surface area contributed by atoms with Crippen molar-refractivity contribution in [1.29, 1.82) is 0 Å². The molecule has 0 radical (unpaired) electrons. The Morgan fingerprint density at radius 1 is 1.36 bits per heavy atom. The molecular weight excluding hydrogens is 320 g/mol. The molecule has 3 rings (SSSR count). The van der Waals surface area contributed by atoms with Crippen molar-refractivity contribution in [3.63, 3.8) is 0 Å². The first-order valence-corrected chi connectivity index (χ1v) is 8.40. The maximum atomic E-state index is 12.3. The minimum Gasteiger partial charge on any atom is -0.494 e. The Bertz CT molecular complexity index is 810. The Hall–Kier alpha value is -2.76. The van der Waals surface area contributed by atoms with Gasteiger partial charge in [-0.15, -0.1) is 0 Å². The molecule has 2 aromatic rings. The van der Waals surface area contributed by atoms with Crippen LogP contribution in [-0.4, -0.2) is 29.4 Å². The summed E-state index contributed by atoms with van der Waals surface area (Å²) in [6.07, 6.45) is 2.55. The van der Waals surface area contributed by atoms with Gasteiger partial charge < -0.3 is 19.8 Å². The number of hydrogen-bond acceptors (Lipinski definition) is 4. The van der Waals surface area contributed by atoms with Crippen LogP contribution in [0.1, 0.15) is 52.7 Å². The second-order valence-electron chi connectivity index (χ2n) is 6.17. The maximum Gasteiger partial charge on any atom is 0.267 e. The van der Waals surface area contributed by atoms with Crippen molar-refractivity contribution in [3.8, 4) is 11.5 Å². The number of benzene rings is 1. The molecule has 0 spiro atoms. The molecule has 1 aliphatic heterocycles. The second kappa shape index (κ2) is 7.01. The van der Waals surface area contributed by atoms with Crippen LogP contribution in [0.4, 0.5) is 0 Å². The number of amides is 1. The van der Waals surface area contributed by atoms with E-state index in [9.17, 15) is 9.59 Å². The van der Waals surface area contributed by atoms with Crippen LogP contribution in [0.2, 0.25) is 0 Å². The van der Waals surface area contributed by atoms with Crippen molar-refractivity contribution in [3.05, 3.63) is 46.8 Å². The fourth-order valence-electron chi connectivity index (χ4n) is 2.91. The molecule has 132 valence electrons. The molecule has 1 amide bonds. The minimum atomic E-state index is -0.273. The number of Topliss-reactive ketones (excluding diaryl/α,β-unsaturated/α-hetero) is 1. The summed E-state index contributed by atoms with van der Waals surface area (Å²) in [6, 6.07) is 5.47. The van der Waals surface area contributed by atoms with Crippen LogP contribution in [0, 0.1) is 0 Å². The summed E-state index contributed by atoms with van der Waals surface area (Å²) in [4.78, 5) is 26.4. The van der Waals surface area contributed by atoms with Crippen LogP contribution < -0.4 is 14.8 Å². The third-order valence-corrected chi connectivity index (χ3v) is 4.15. The van der Waals surface area contributed by atoms with Gasteiger partial charge in [0.25, 0.3) is 5.91 Å². The molecule has 1 atom stereocenters. The molecule has 6 heteroatoms. The van der Waals surface area contributed by atoms with Crippen molar-refractivity contribution < 1.29 is 19.1 Å². The van der Waals surface area contributed by atoms with Gasteiger partial charge in [0.15, 0.2) is 5.78 Å². The molecule has 0 unspecified atom stereocenters. The van der Waals surface area contributed by atoms with Gasteiger partial charge in [0.2, 0.25) is 0 Å². The van der Waals surface area contributed by atoms with Gasteiger partial charge in [0, 0.05) is 35.9 Å². The molecule has 1 aromatic heterocycles. The number of ketones is 1. The van der Waals surface area contributed by atoms with Crippen molar-refractivity contribution >= 4 is 11.7 Å². The predicted molar refractivity (Wildman–Crippen MR) is 93.4 cm³/mol. The zero-order chi connectivity index (χ0) is 18.0. The Labute approximate surface area is 146 Å². The Morgan fingerprint density at radius 3 is 2.84 bits per heavy atom. The summed E-state index contributed by atoms with van der Waals surface area (Å²) in [5.41, 5.74) is 2.83. The normalized spacial score (nSPS) is 15.4. The first-order chi connectivity index (χ1) is 12.0. The number of hydrogen-bond donors (Lipinski definition) is 2. The molecule has 2 heterocycles. The monoisotopic (exact) mass is 342 g/mol. The summed E-state index contributed by atoms with van der Waals surface area (Å²) >= 11 is 0. The number of aromatic nitrogens is 1. The van der Waals surface area contributed by atoms with Gasteiger partial charge in [0.1, 0.15) is 23.3 Å². The lowest BCUT2D eigenvalue weighted by Gasteiger charge is -2.13. The molecule has 25 heavy (non-hydrogen) atoms. The maximum absolute atomic E-state index is 12.3. The van der Waals surface area contributed by atoms with Gasteiger partial charge in [-0.2, -0.15) is 0 Å². The fraction of sp³-hybridized carbons (Fsp3) is 0.368. The van der Waals surface area contributed by atoms with E-state index in [1.54, 1.807) is 6.07 Å². The van der Waals surface area contributed by atoms with E-state index in [4.69, 9.17) is 9.47 Å². The number of H-pyrrole nitrogens is 1. The highest BCUT2D eigenvalue weighted by Gasteiger charge is 2.22. The zero-order valence-electron chi connectivity index (χ0n) is 14.6. The molecule has 0 fully saturated rings. The van der Waals surface area contributed by atoms with E-state index in [1.807, 2.05) is 26.0 Å². The number of fused-ring (bicyclic) bond motifs is 1. The molecule has 2 N–H and O–H groups in total. The van der Waals surface area contributed by atoms with Crippen molar-refractivity contribution in [2.24, 2.45) is 0 Å². The summed E-state index contributed by atoms with van der Waals surface area (Å²) in [7, 11) is 0. The van der Waals surface area contributed by atoms with Gasteiger partial charge in [-0.3, -0.25) is 9.59 Å². The third kappa shape index (κ3) is 3.68. The lowest BCUT2D eigenvalue weighted by atomic mass is 10.1. The Kier molecular flexibility index (Phi) is 4.79. The zero-order valence-corrected chi connectivity index (χ0v) is 14.6. The van der Waals surface area contributed by atoms with E-state index in [0.717, 1.165) is 29.0 Å². The number of carbonyl (C=O) groups excluding carboxylic acids is 2. The van der Waals surface area contributed by atoms with Crippen LogP contribution in [0.3, 0.4) is 0 Å². The summed E-state index contributed by atoms with van der Waals surface area (Å²) in [6.45, 7) is 6.28. The van der Waals surface area contributed by atoms with Crippen LogP contribution in [0.15, 0.2) is 24.4 Å². The molecule has 0 bridgehead atoms. The van der Waals surface area contributed by atoms with Crippen LogP contribution in [-0.2, 0) is 13.0 Å². The number of nitrogens with one attached hydrogen (secondary N) is 2. The highest BCUT2D eigenvalue weighted by atomic mass is 16.5. The Morgan fingerprint density at radius 2 is 2.16 bits per heavy atom. The van der Waals surface area contributed by atoms with Crippen LogP contribution in [0.5, 0.6) is 11.5 Å². The van der Waals surface area contributed by atoms with Crippen LogP contribution >= 0.6 is 0 Å². The smallest absolute Gasteiger partial charge is 0.267 e. The number of ether oxygens (including phenoxy) is 2. The van der Waals surface area contributed by atoms with Crippen LogP contribution in [0.25, 0.3) is 0 Å². The van der Waals surface area contributed by atoms with E-state index in [0.29, 0.717) is 24.4 Å². The van der Waals surface area contributed by atoms with Crippen molar-refractivity contribution in [2.75, 3.05) is 6.61 Å². The first kappa shape index (κ1) is 17.1. The molecule has 0 saturated heterocycles. The number of carbonyl (C=O) groups is 2. The van der Waals surface area contributed by atoms with Gasteiger partial charge in [-0.1, -0.05) is 0 Å². The lowest BCUT2D eigenvalue weighted by Crippen LogP contribution is -2.23. The van der Waals surface area contributed by atoms with E-state index >= 15 is 0 Å². The van der Waals surface area contributed by atoms with E-state index in [1.165, 1.54) is 13.1 Å². The molecule has 0 aliphatic carbocycles. The van der Waals surface area contributed by atoms with Crippen molar-refractivity contribution in [1.82, 2.24) is 10.3 Å². The SMILES string of the molecule is CCOc1cc2c(cc1CNC(=O)c1cc(C(C)=O)c[nH]1)O[C@H](C)C2. The molecule has 1 aliphatic rings. The molecule has 6 nitrogen and oxygen atoms in total. The van der Waals surface area contributed by atoms with E-state index in [-0.39, 0.29) is 17.8 Å². The minimum absolute atomic E-state index is 0.0844. The third-order valence-electron chi connectivity index (χ3n) is 4.15. The summed E-state index contributed by atoms with van der Waals surface area (Å²) in [5.74, 6) is 1.25. The quantitative estimate of drug-likeness (QED) is 0.791. The van der Waals surface area contributed by atoms with E-state index < -0.39 is 0 Å². The number of aromatic amines is 1. The molecule has 0 saturated carbocycles. The highest BCUT2D eigenvalue weighted by molar-refractivity contribution is 5.99. The first-order valence-electron chi connectivity index (χ1n) is 8.40. The highest BCUT2D eigenvalue weighted by Crippen LogP contribution is 2.35. The molecular formula is C19H22N2O4. The lowest BCUT2D eigenvalue weighted by molar-refractivity contribution is 0.0946. The largest absolute Gasteiger partial charge is 0.494 e. The summed E-state index contributed by atoms with van der Waals surface area (Å²) in [5, 5.41) is 2.85. The van der Waals surface area contributed by atoms with Gasteiger partial charge in [-0.25, -0.2) is 0 Å². The topological polar surface area (TPSA) is 80.4 Å². The fourth-order valence-corrected chi connectivity index (χ4v) is 2.91. The second-order valence-corrected chi connectivity index (χ2v) is 6.17. The standard InChI is InChI=1S/C19H22N2O4/c1-4-24-17-7-13-5-11(2)25-18(13)8-15(17)10-21-19(23)16-6-14(9-20-16)12(3)22/h6-9,11,20H,4-5,10H2,1-3H3,(H,21,23)/t11-/m1/s1. The average molecular weight is 342 g/mol. The van der Waals surface area contributed by atoms with E-state index in [2.05, 4.69) is 10.3 Å². The van der Waals surface area contributed by atoms with Crippen molar-refractivity contribution in [2.45, 2.75) is 39.8 Å². The predicted octanol–water partition coefficient (Wildman–Crippen LogP) is 2.87. The summed E-state index contributed by atoms with van der Waals surface area (Å²) < 4.78 is 11.5. The molecule has 1 aromatic carbocycles. The number of rotatable bonds is 6. The average Bonchev–Trinajstić information content (AvgIpc) is 3.18. The van der Waals surface area contributed by atoms with Gasteiger partial charge in [0.05, 0.1) is 6.61 Å². The van der Waals surface area contributed by atoms with Gasteiger partial charge >= 0.3 is 0 Å².